The molecule has 10 aromatic rings. The monoisotopic (exact) mass is 725 g/mol. The fourth-order valence-electron chi connectivity index (χ4n) is 8.91. The average molecular weight is 726 g/mol. The first-order valence-corrected chi connectivity index (χ1v) is 19.4. The number of aromatic nitrogens is 2. The number of fused-ring (bicyclic) bond motifs is 4. The lowest BCUT2D eigenvalue weighted by molar-refractivity contribution is 1.18. The Morgan fingerprint density at radius 1 is 0.333 bits per heavy atom. The molecule has 3 heteroatoms. The second-order valence-electron chi connectivity index (χ2n) is 14.5. The van der Waals surface area contributed by atoms with Crippen LogP contribution in [0.4, 0.5) is 17.2 Å². The third-order valence-electron chi connectivity index (χ3n) is 11.3. The number of pyridine rings is 2. The molecule has 0 spiro atoms. The van der Waals surface area contributed by atoms with Crippen molar-refractivity contribution in [3.05, 3.63) is 213 Å². The van der Waals surface area contributed by atoms with Crippen LogP contribution >= 0.6 is 0 Å². The highest BCUT2D eigenvalue weighted by Crippen LogP contribution is 2.58. The Labute approximate surface area is 331 Å². The van der Waals surface area contributed by atoms with Crippen molar-refractivity contribution >= 4 is 38.7 Å². The van der Waals surface area contributed by atoms with E-state index in [0.29, 0.717) is 0 Å². The fraction of sp³-hybridized carbons (Fsp3) is 0. The lowest BCUT2D eigenvalue weighted by Gasteiger charge is -2.25. The first-order valence-electron chi connectivity index (χ1n) is 19.4. The Morgan fingerprint density at radius 2 is 0.930 bits per heavy atom. The highest BCUT2D eigenvalue weighted by Gasteiger charge is 2.31. The first kappa shape index (κ1) is 32.8. The minimum Gasteiger partial charge on any atom is -0.295 e. The quantitative estimate of drug-likeness (QED) is 0.164. The van der Waals surface area contributed by atoms with Crippen LogP contribution in [0.2, 0.25) is 0 Å². The topological polar surface area (TPSA) is 29.0 Å². The van der Waals surface area contributed by atoms with Crippen molar-refractivity contribution < 1.29 is 0 Å². The Hall–Kier alpha value is -7.62. The molecule has 11 rings (SSSR count). The molecule has 0 amide bonds. The Bertz CT molecular complexity index is 3000. The van der Waals surface area contributed by atoms with E-state index >= 15 is 0 Å². The van der Waals surface area contributed by atoms with Crippen LogP contribution in [0, 0.1) is 0 Å². The van der Waals surface area contributed by atoms with Crippen LogP contribution in [0.25, 0.3) is 88.3 Å². The summed E-state index contributed by atoms with van der Waals surface area (Å²) in [6, 6.07) is 70.0. The third kappa shape index (κ3) is 5.43. The summed E-state index contributed by atoms with van der Waals surface area (Å²) in [6.07, 6.45) is 5.56. The number of rotatable bonds is 7. The van der Waals surface area contributed by atoms with E-state index in [1.54, 1.807) is 6.20 Å². The number of hydrogen-bond acceptors (Lipinski definition) is 3. The largest absolute Gasteiger partial charge is 0.295 e. The molecule has 0 saturated carbocycles. The Kier molecular flexibility index (Phi) is 7.82. The van der Waals surface area contributed by atoms with Crippen LogP contribution < -0.4 is 4.90 Å². The minimum atomic E-state index is 0.855. The van der Waals surface area contributed by atoms with E-state index < -0.39 is 0 Å². The molecule has 57 heavy (non-hydrogen) atoms. The first-order chi connectivity index (χ1) is 28.3. The third-order valence-corrected chi connectivity index (χ3v) is 11.3. The lowest BCUT2D eigenvalue weighted by atomic mass is 9.82. The van der Waals surface area contributed by atoms with Gasteiger partial charge in [0.25, 0.3) is 0 Å². The van der Waals surface area contributed by atoms with Crippen molar-refractivity contribution in [2.24, 2.45) is 0 Å². The molecule has 3 nitrogen and oxygen atoms in total. The predicted octanol–water partition coefficient (Wildman–Crippen LogP) is 14.6. The van der Waals surface area contributed by atoms with Gasteiger partial charge in [0.15, 0.2) is 0 Å². The molecule has 0 atom stereocenters. The predicted molar refractivity (Wildman–Crippen MR) is 238 cm³/mol. The van der Waals surface area contributed by atoms with Crippen molar-refractivity contribution in [1.29, 1.82) is 0 Å². The summed E-state index contributed by atoms with van der Waals surface area (Å²) in [6.45, 7) is 0. The standard InChI is InChI=1S/C54H35N3/c1-3-14-37(15-4-1)50-45-21-7-8-22-46(45)51(38-16-5-2-6-17-38)54-48-31-30-43(44-23-12-24-47(52(44)48)53(50)54)39-18-11-20-42(34-39)57(49-25-9-10-33-56-49)41-28-26-36(27-29-41)40-19-13-32-55-35-40/h1-35H. The maximum Gasteiger partial charge on any atom is 0.137 e. The molecule has 0 aliphatic heterocycles. The number of benzene rings is 8. The molecule has 0 bridgehead atoms. The van der Waals surface area contributed by atoms with Gasteiger partial charge >= 0.3 is 0 Å². The Morgan fingerprint density at radius 3 is 1.60 bits per heavy atom. The summed E-state index contributed by atoms with van der Waals surface area (Å²) in [5, 5.41) is 5.07. The number of nitrogens with zero attached hydrogens (tertiary/aromatic N) is 3. The molecule has 0 radical (unpaired) electrons. The van der Waals surface area contributed by atoms with E-state index in [4.69, 9.17) is 4.98 Å². The van der Waals surface area contributed by atoms with E-state index in [1.165, 1.54) is 71.6 Å². The fourth-order valence-corrected chi connectivity index (χ4v) is 8.91. The van der Waals surface area contributed by atoms with Crippen LogP contribution in [0.15, 0.2) is 213 Å². The zero-order valence-corrected chi connectivity index (χ0v) is 31.0. The highest BCUT2D eigenvalue weighted by atomic mass is 15.2. The minimum absolute atomic E-state index is 0.855. The van der Waals surface area contributed by atoms with Crippen LogP contribution in [-0.4, -0.2) is 9.97 Å². The molecule has 0 N–H and O–H groups in total. The second kappa shape index (κ2) is 13.6. The van der Waals surface area contributed by atoms with Gasteiger partial charge in [-0.3, -0.25) is 9.88 Å². The summed E-state index contributed by atoms with van der Waals surface area (Å²) < 4.78 is 0. The number of hydrogen-bond donors (Lipinski definition) is 0. The van der Waals surface area contributed by atoms with Crippen LogP contribution in [0.1, 0.15) is 0 Å². The molecule has 0 fully saturated rings. The van der Waals surface area contributed by atoms with Gasteiger partial charge in [0.05, 0.1) is 0 Å². The second-order valence-corrected chi connectivity index (χ2v) is 14.5. The summed E-state index contributed by atoms with van der Waals surface area (Å²) >= 11 is 0. The van der Waals surface area contributed by atoms with Gasteiger partial charge < -0.3 is 0 Å². The molecule has 266 valence electrons. The van der Waals surface area contributed by atoms with Gasteiger partial charge in [-0.25, -0.2) is 4.98 Å². The van der Waals surface area contributed by atoms with Crippen molar-refractivity contribution in [3.8, 4) is 66.8 Å². The summed E-state index contributed by atoms with van der Waals surface area (Å²) in [7, 11) is 0. The van der Waals surface area contributed by atoms with E-state index in [0.717, 1.165) is 33.9 Å². The van der Waals surface area contributed by atoms with Crippen LogP contribution in [-0.2, 0) is 0 Å². The van der Waals surface area contributed by atoms with Crippen molar-refractivity contribution in [1.82, 2.24) is 9.97 Å². The molecule has 2 heterocycles. The molecule has 2 aromatic heterocycles. The van der Waals surface area contributed by atoms with Gasteiger partial charge in [-0.2, -0.15) is 0 Å². The molecule has 0 saturated heterocycles. The van der Waals surface area contributed by atoms with E-state index in [9.17, 15) is 0 Å². The Balaban J connectivity index is 1.11. The zero-order valence-electron chi connectivity index (χ0n) is 31.0. The highest BCUT2D eigenvalue weighted by molar-refractivity contribution is 6.28. The van der Waals surface area contributed by atoms with Crippen molar-refractivity contribution in [2.75, 3.05) is 4.90 Å². The zero-order chi connectivity index (χ0) is 37.7. The van der Waals surface area contributed by atoms with Crippen molar-refractivity contribution in [2.45, 2.75) is 0 Å². The van der Waals surface area contributed by atoms with Gasteiger partial charge in [-0.1, -0.05) is 152 Å². The van der Waals surface area contributed by atoms with E-state index in [2.05, 4.69) is 186 Å². The summed E-state index contributed by atoms with van der Waals surface area (Å²) in [5.41, 5.74) is 16.8. The van der Waals surface area contributed by atoms with Gasteiger partial charge in [-0.15, -0.1) is 0 Å². The SMILES string of the molecule is c1ccc(-c2c3c(c(-c4ccccc4)c4ccccc24)-c2ccc(-c4cccc(N(c5ccc(-c6cccnc6)cc5)c5ccccn5)c4)c4cccc-3c24)cc1. The molecule has 0 unspecified atom stereocenters. The lowest BCUT2D eigenvalue weighted by Crippen LogP contribution is -2.11. The summed E-state index contributed by atoms with van der Waals surface area (Å²) in [5.74, 6) is 0.855. The molecular formula is C54H35N3. The van der Waals surface area contributed by atoms with Gasteiger partial charge in [-0.05, 0) is 131 Å². The molecule has 8 aromatic carbocycles. The van der Waals surface area contributed by atoms with Crippen LogP contribution in [0.5, 0.6) is 0 Å². The molecule has 1 aliphatic rings. The average Bonchev–Trinajstić information content (AvgIpc) is 3.62. The summed E-state index contributed by atoms with van der Waals surface area (Å²) in [4.78, 5) is 11.4. The van der Waals surface area contributed by atoms with Gasteiger partial charge in [0.1, 0.15) is 5.82 Å². The smallest absolute Gasteiger partial charge is 0.137 e. The van der Waals surface area contributed by atoms with Gasteiger partial charge in [0.2, 0.25) is 0 Å². The normalized spacial score (nSPS) is 11.5. The number of anilines is 3. The van der Waals surface area contributed by atoms with Crippen LogP contribution in [0.3, 0.4) is 0 Å². The van der Waals surface area contributed by atoms with E-state index in [-0.39, 0.29) is 0 Å². The van der Waals surface area contributed by atoms with E-state index in [1.807, 2.05) is 30.6 Å². The maximum absolute atomic E-state index is 4.82. The maximum atomic E-state index is 4.82. The van der Waals surface area contributed by atoms with Crippen molar-refractivity contribution in [3.63, 3.8) is 0 Å². The molecule has 1 aliphatic carbocycles. The van der Waals surface area contributed by atoms with Gasteiger partial charge in [0, 0.05) is 30.0 Å². The molecular weight excluding hydrogens is 691 g/mol.